The quantitative estimate of drug-likeness (QED) is 0.546. The summed E-state index contributed by atoms with van der Waals surface area (Å²) in [5.41, 5.74) is -0.751. The first-order chi connectivity index (χ1) is 5.18. The lowest BCUT2D eigenvalue weighted by Crippen LogP contribution is -2.33. The molecule has 2 nitrogen and oxygen atoms in total. The van der Waals surface area contributed by atoms with E-state index in [9.17, 15) is 10.2 Å². The van der Waals surface area contributed by atoms with Crippen LogP contribution in [-0.4, -0.2) is 21.9 Å². The van der Waals surface area contributed by atoms with E-state index in [0.717, 1.165) is 19.3 Å². The van der Waals surface area contributed by atoms with Crippen molar-refractivity contribution in [3.63, 3.8) is 0 Å². The zero-order valence-electron chi connectivity index (χ0n) is 6.53. The third kappa shape index (κ3) is 0.741. The molecule has 0 radical (unpaired) electrons. The zero-order chi connectivity index (χ0) is 8.06. The molecule has 0 saturated heterocycles. The number of aliphatic hydroxyl groups is 2. The Kier molecular flexibility index (Phi) is 1.38. The van der Waals surface area contributed by atoms with Crippen LogP contribution in [0.1, 0.15) is 19.3 Å². The number of hydrogen-bond donors (Lipinski definition) is 2. The van der Waals surface area contributed by atoms with Gasteiger partial charge in [-0.2, -0.15) is 0 Å². The van der Waals surface area contributed by atoms with Gasteiger partial charge in [-0.05, 0) is 25.2 Å². The lowest BCUT2D eigenvalue weighted by atomic mass is 9.92. The molecule has 0 amide bonds. The first kappa shape index (κ1) is 7.32. The second kappa shape index (κ2) is 2.08. The Labute approximate surface area is 66.5 Å². The Bertz CT molecular complexity index is 190. The highest BCUT2D eigenvalue weighted by molar-refractivity contribution is 5.15. The maximum absolute atomic E-state index is 9.99. The number of fused-ring (bicyclic) bond motifs is 2. The van der Waals surface area contributed by atoms with Gasteiger partial charge in [0.1, 0.15) is 0 Å². The standard InChI is InChI=1S/C9H14O2/c1-2-9(11)6-3-4-7(9)8(10)5-6/h2,6-8,10-11H,1,3-5H2/t6-,7+,8+,9-/m0/s1. The molecule has 2 N–H and O–H groups in total. The fourth-order valence-corrected chi connectivity index (χ4v) is 2.73. The number of hydrogen-bond acceptors (Lipinski definition) is 2. The summed E-state index contributed by atoms with van der Waals surface area (Å²) >= 11 is 0. The highest BCUT2D eigenvalue weighted by Crippen LogP contribution is 2.52. The van der Waals surface area contributed by atoms with Gasteiger partial charge in [-0.15, -0.1) is 6.58 Å². The summed E-state index contributed by atoms with van der Waals surface area (Å²) in [6.07, 6.45) is 4.08. The third-order valence-electron chi connectivity index (χ3n) is 3.39. The average molecular weight is 154 g/mol. The van der Waals surface area contributed by atoms with Gasteiger partial charge in [-0.25, -0.2) is 0 Å². The van der Waals surface area contributed by atoms with Crippen LogP contribution >= 0.6 is 0 Å². The molecule has 4 atom stereocenters. The summed E-state index contributed by atoms with van der Waals surface area (Å²) < 4.78 is 0. The molecule has 0 heterocycles. The summed E-state index contributed by atoms with van der Waals surface area (Å²) in [4.78, 5) is 0. The molecule has 11 heavy (non-hydrogen) atoms. The summed E-state index contributed by atoms with van der Waals surface area (Å²) in [6, 6.07) is 0. The predicted molar refractivity (Wildman–Crippen MR) is 42.0 cm³/mol. The van der Waals surface area contributed by atoms with E-state index < -0.39 is 5.60 Å². The summed E-state index contributed by atoms with van der Waals surface area (Å²) in [6.45, 7) is 3.63. The van der Waals surface area contributed by atoms with Crippen LogP contribution in [0.15, 0.2) is 12.7 Å². The molecular weight excluding hydrogens is 140 g/mol. The lowest BCUT2D eigenvalue weighted by Gasteiger charge is -2.23. The lowest BCUT2D eigenvalue weighted by molar-refractivity contribution is 0.0189. The molecule has 0 aromatic carbocycles. The maximum atomic E-state index is 9.99. The van der Waals surface area contributed by atoms with Gasteiger partial charge in [-0.1, -0.05) is 6.08 Å². The second-order valence-corrected chi connectivity index (χ2v) is 3.78. The molecule has 2 bridgehead atoms. The van der Waals surface area contributed by atoms with Crippen molar-refractivity contribution in [2.45, 2.75) is 31.0 Å². The number of rotatable bonds is 1. The Morgan fingerprint density at radius 2 is 2.18 bits per heavy atom. The zero-order valence-corrected chi connectivity index (χ0v) is 6.53. The van der Waals surface area contributed by atoms with Crippen LogP contribution in [0.5, 0.6) is 0 Å². The van der Waals surface area contributed by atoms with Gasteiger partial charge >= 0.3 is 0 Å². The molecule has 0 unspecified atom stereocenters. The Hall–Kier alpha value is -0.340. The topological polar surface area (TPSA) is 40.5 Å². The molecule has 2 saturated carbocycles. The molecule has 62 valence electrons. The minimum absolute atomic E-state index is 0.0602. The van der Waals surface area contributed by atoms with Crippen molar-refractivity contribution in [3.8, 4) is 0 Å². The van der Waals surface area contributed by atoms with Crippen LogP contribution < -0.4 is 0 Å². The second-order valence-electron chi connectivity index (χ2n) is 3.78. The normalized spacial score (nSPS) is 54.9. The molecule has 0 spiro atoms. The van der Waals surface area contributed by atoms with Crippen LogP contribution in [0.2, 0.25) is 0 Å². The molecular formula is C9H14O2. The fourth-order valence-electron chi connectivity index (χ4n) is 2.73. The average Bonchev–Trinajstić information content (AvgIpc) is 2.42. The summed E-state index contributed by atoms with van der Waals surface area (Å²) in [7, 11) is 0. The molecule has 0 aromatic rings. The number of aliphatic hydroxyl groups excluding tert-OH is 1. The van der Waals surface area contributed by atoms with E-state index in [0.29, 0.717) is 0 Å². The molecule has 2 aliphatic rings. The van der Waals surface area contributed by atoms with Crippen molar-refractivity contribution in [2.24, 2.45) is 11.8 Å². The maximum Gasteiger partial charge on any atom is 0.0906 e. The molecule has 2 rings (SSSR count). The fraction of sp³-hybridized carbons (Fsp3) is 0.778. The first-order valence-corrected chi connectivity index (χ1v) is 4.22. The Morgan fingerprint density at radius 3 is 2.45 bits per heavy atom. The summed E-state index contributed by atoms with van der Waals surface area (Å²) in [5.74, 6) is 0.324. The van der Waals surface area contributed by atoms with E-state index in [4.69, 9.17) is 0 Å². The van der Waals surface area contributed by atoms with Crippen molar-refractivity contribution in [1.29, 1.82) is 0 Å². The predicted octanol–water partition coefficient (Wildman–Crippen LogP) is 0.694. The molecule has 2 fully saturated rings. The van der Waals surface area contributed by atoms with Crippen LogP contribution in [0.3, 0.4) is 0 Å². The SMILES string of the molecule is C=C[C@]1(O)[C@H]2CC[C@@H]1[C@H](O)C2. The van der Waals surface area contributed by atoms with Gasteiger partial charge in [0, 0.05) is 5.92 Å². The van der Waals surface area contributed by atoms with Gasteiger partial charge in [0.2, 0.25) is 0 Å². The monoisotopic (exact) mass is 154 g/mol. The van der Waals surface area contributed by atoms with Crippen molar-refractivity contribution in [2.75, 3.05) is 0 Å². The van der Waals surface area contributed by atoms with Gasteiger partial charge < -0.3 is 10.2 Å². The third-order valence-corrected chi connectivity index (χ3v) is 3.39. The van der Waals surface area contributed by atoms with Crippen LogP contribution in [0, 0.1) is 11.8 Å². The van der Waals surface area contributed by atoms with Gasteiger partial charge in [0.05, 0.1) is 11.7 Å². The minimum Gasteiger partial charge on any atom is -0.393 e. The smallest absolute Gasteiger partial charge is 0.0906 e. The first-order valence-electron chi connectivity index (χ1n) is 4.22. The van der Waals surface area contributed by atoms with E-state index in [2.05, 4.69) is 6.58 Å². The van der Waals surface area contributed by atoms with E-state index in [1.807, 2.05) is 0 Å². The summed E-state index contributed by atoms with van der Waals surface area (Å²) in [5, 5.41) is 19.5. The van der Waals surface area contributed by atoms with Gasteiger partial charge in [0.25, 0.3) is 0 Å². The van der Waals surface area contributed by atoms with E-state index in [1.165, 1.54) is 0 Å². The highest BCUT2D eigenvalue weighted by Gasteiger charge is 2.56. The van der Waals surface area contributed by atoms with Crippen LogP contribution in [0.4, 0.5) is 0 Å². The van der Waals surface area contributed by atoms with Crippen molar-refractivity contribution < 1.29 is 10.2 Å². The van der Waals surface area contributed by atoms with Crippen LogP contribution in [0.25, 0.3) is 0 Å². The largest absolute Gasteiger partial charge is 0.393 e. The molecule has 0 aliphatic heterocycles. The van der Waals surface area contributed by atoms with E-state index in [1.54, 1.807) is 6.08 Å². The van der Waals surface area contributed by atoms with E-state index >= 15 is 0 Å². The molecule has 2 heteroatoms. The highest BCUT2D eigenvalue weighted by atomic mass is 16.3. The van der Waals surface area contributed by atoms with Crippen LogP contribution in [-0.2, 0) is 0 Å². The van der Waals surface area contributed by atoms with E-state index in [-0.39, 0.29) is 17.9 Å². The van der Waals surface area contributed by atoms with Gasteiger partial charge in [0.15, 0.2) is 0 Å². The Balaban J connectivity index is 2.31. The van der Waals surface area contributed by atoms with Crippen molar-refractivity contribution in [1.82, 2.24) is 0 Å². The van der Waals surface area contributed by atoms with Gasteiger partial charge in [-0.3, -0.25) is 0 Å². The molecule has 0 aromatic heterocycles. The Morgan fingerprint density at radius 1 is 1.45 bits per heavy atom. The van der Waals surface area contributed by atoms with Crippen molar-refractivity contribution >= 4 is 0 Å². The minimum atomic E-state index is -0.751. The molecule has 2 aliphatic carbocycles. The van der Waals surface area contributed by atoms with Crippen molar-refractivity contribution in [3.05, 3.63) is 12.7 Å².